The van der Waals surface area contributed by atoms with Gasteiger partial charge < -0.3 is 4.55 Å². The molecule has 0 heterocycles. The Morgan fingerprint density at radius 3 is 0.863 bits per heavy atom. The van der Waals surface area contributed by atoms with Gasteiger partial charge in [0, 0.05) is 0 Å². The molecule has 1 aromatic carbocycles. The van der Waals surface area contributed by atoms with E-state index < -0.39 is 10.1 Å². The van der Waals surface area contributed by atoms with Gasteiger partial charge in [0.25, 0.3) is 0 Å². The summed E-state index contributed by atoms with van der Waals surface area (Å²) in [7, 11) is -4.35. The van der Waals surface area contributed by atoms with Gasteiger partial charge in [-0.15, -0.1) is 0 Å². The van der Waals surface area contributed by atoms with Crippen LogP contribution >= 0.6 is 0 Å². The maximum Gasteiger partial charge on any atom is 1.00 e. The molecule has 0 saturated carbocycles. The normalized spacial score (nSPS) is 11.6. The predicted octanol–water partition coefficient (Wildman–Crippen LogP) is 13.0. The summed E-state index contributed by atoms with van der Waals surface area (Å²) in [6, 6.07) is 6.51. The molecule has 0 aliphatic rings. The molecular formula is C46H85NaO3S. The molecule has 0 fully saturated rings. The number of hydrogen-bond acceptors (Lipinski definition) is 3. The van der Waals surface area contributed by atoms with Crippen molar-refractivity contribution >= 4 is 10.1 Å². The maximum absolute atomic E-state index is 11.2. The standard InChI is InChI=1S/C46H86O3S.Na/c1-2-3-4-5-6-7-8-9-10-11-12-13-14-15-16-17-18-19-20-21-22-23-24-25-26-27-28-29-30-31-32-33-34-35-36-37-38-39-41-45-42-40-43-46(44-45)50(47,48)49;/h40,42-44H,2-39,41H2,1H3,(H,47,48,49);/q;+1/p-1. The number of rotatable bonds is 40. The minimum atomic E-state index is -4.35. The molecule has 294 valence electrons. The third kappa shape index (κ3) is 36.9. The Kier molecular flexibility index (Phi) is 39.9. The van der Waals surface area contributed by atoms with Crippen molar-refractivity contribution in [1.82, 2.24) is 0 Å². The van der Waals surface area contributed by atoms with Crippen molar-refractivity contribution in [3.05, 3.63) is 29.8 Å². The molecule has 0 bridgehead atoms. The number of unbranched alkanes of at least 4 members (excludes halogenated alkanes) is 37. The van der Waals surface area contributed by atoms with Crippen molar-refractivity contribution in [2.24, 2.45) is 0 Å². The predicted molar refractivity (Wildman–Crippen MR) is 219 cm³/mol. The molecule has 51 heavy (non-hydrogen) atoms. The van der Waals surface area contributed by atoms with E-state index in [1.165, 1.54) is 250 Å². The second-order valence-electron chi connectivity index (χ2n) is 15.9. The molecule has 0 saturated heterocycles. The van der Waals surface area contributed by atoms with Gasteiger partial charge in [0.2, 0.25) is 0 Å². The van der Waals surface area contributed by atoms with Crippen LogP contribution in [-0.2, 0) is 16.5 Å². The van der Waals surface area contributed by atoms with Crippen LogP contribution in [0.5, 0.6) is 0 Å². The van der Waals surface area contributed by atoms with Gasteiger partial charge in [-0.3, -0.25) is 0 Å². The summed E-state index contributed by atoms with van der Waals surface area (Å²) in [5, 5.41) is 0. The minimum Gasteiger partial charge on any atom is -0.744 e. The van der Waals surface area contributed by atoms with Gasteiger partial charge in [0.05, 0.1) is 4.90 Å². The zero-order valence-corrected chi connectivity index (χ0v) is 37.3. The van der Waals surface area contributed by atoms with E-state index in [0.29, 0.717) is 0 Å². The quantitative estimate of drug-likeness (QED) is 0.0382. The molecule has 0 aliphatic heterocycles. The van der Waals surface area contributed by atoms with E-state index in [-0.39, 0.29) is 34.5 Å². The molecule has 0 N–H and O–H groups in total. The third-order valence-electron chi connectivity index (χ3n) is 11.0. The molecule has 0 atom stereocenters. The van der Waals surface area contributed by atoms with Gasteiger partial charge in [-0.25, -0.2) is 8.42 Å². The molecule has 0 aromatic heterocycles. The summed E-state index contributed by atoms with van der Waals surface area (Å²) in [4.78, 5) is -0.105. The van der Waals surface area contributed by atoms with Crippen molar-refractivity contribution in [2.45, 2.75) is 262 Å². The van der Waals surface area contributed by atoms with Gasteiger partial charge in [-0.1, -0.05) is 257 Å². The number of benzene rings is 1. The van der Waals surface area contributed by atoms with Crippen molar-refractivity contribution in [2.75, 3.05) is 0 Å². The van der Waals surface area contributed by atoms with E-state index in [2.05, 4.69) is 6.92 Å². The SMILES string of the molecule is CCCCCCCCCCCCCCCCCCCCCCCCCCCCCCCCCCCCCCCCc1cccc(S(=O)(=O)[O-])c1.[Na+]. The zero-order valence-electron chi connectivity index (χ0n) is 34.5. The van der Waals surface area contributed by atoms with Crippen LogP contribution in [0.4, 0.5) is 0 Å². The fraction of sp³-hybridized carbons (Fsp3) is 0.870. The summed E-state index contributed by atoms with van der Waals surface area (Å²) in [5.41, 5.74) is 0.952. The monoisotopic (exact) mass is 741 g/mol. The Bertz CT molecular complexity index is 934. The molecule has 0 spiro atoms. The van der Waals surface area contributed by atoms with Crippen LogP contribution in [0.3, 0.4) is 0 Å². The Hall–Kier alpha value is 0.130. The zero-order chi connectivity index (χ0) is 36.1. The van der Waals surface area contributed by atoms with Crippen LogP contribution in [0.15, 0.2) is 29.2 Å². The summed E-state index contributed by atoms with van der Waals surface area (Å²) >= 11 is 0. The molecule has 1 aromatic rings. The van der Waals surface area contributed by atoms with Crippen LogP contribution in [0, 0.1) is 0 Å². The van der Waals surface area contributed by atoms with E-state index in [1.54, 1.807) is 6.07 Å². The maximum atomic E-state index is 11.2. The molecule has 3 nitrogen and oxygen atoms in total. The van der Waals surface area contributed by atoms with Crippen molar-refractivity contribution < 1.29 is 42.5 Å². The molecule has 5 heteroatoms. The molecule has 0 aliphatic carbocycles. The second-order valence-corrected chi connectivity index (χ2v) is 17.3. The van der Waals surface area contributed by atoms with Gasteiger partial charge in [0.15, 0.2) is 0 Å². The Morgan fingerprint density at radius 1 is 0.392 bits per heavy atom. The first-order chi connectivity index (χ1) is 24.5. The van der Waals surface area contributed by atoms with Crippen molar-refractivity contribution in [1.29, 1.82) is 0 Å². The fourth-order valence-electron chi connectivity index (χ4n) is 7.62. The van der Waals surface area contributed by atoms with E-state index >= 15 is 0 Å². The van der Waals surface area contributed by atoms with Crippen LogP contribution in [-0.4, -0.2) is 13.0 Å². The average molecular weight is 741 g/mol. The first-order valence-electron chi connectivity index (χ1n) is 22.6. The smallest absolute Gasteiger partial charge is 0.744 e. The van der Waals surface area contributed by atoms with Gasteiger partial charge in [-0.05, 0) is 30.5 Å². The first kappa shape index (κ1) is 51.1. The second kappa shape index (κ2) is 39.8. The molecule has 0 radical (unpaired) electrons. The van der Waals surface area contributed by atoms with E-state index in [1.807, 2.05) is 6.07 Å². The minimum absolute atomic E-state index is 0. The molecule has 1 rings (SSSR count). The number of hydrogen-bond donors (Lipinski definition) is 0. The summed E-state index contributed by atoms with van der Waals surface area (Å²) in [6.07, 6.45) is 54.9. The van der Waals surface area contributed by atoms with Gasteiger partial charge >= 0.3 is 29.6 Å². The molecular weight excluding hydrogens is 656 g/mol. The van der Waals surface area contributed by atoms with E-state index in [0.717, 1.165) is 18.4 Å². The van der Waals surface area contributed by atoms with Crippen molar-refractivity contribution in [3.63, 3.8) is 0 Å². The Balaban J connectivity index is 0.0000250. The summed E-state index contributed by atoms with van der Waals surface area (Å²) in [5.74, 6) is 0. The molecule has 0 unspecified atom stereocenters. The van der Waals surface area contributed by atoms with Crippen LogP contribution in [0.2, 0.25) is 0 Å². The molecule has 0 amide bonds. The van der Waals surface area contributed by atoms with Crippen LogP contribution in [0.1, 0.15) is 256 Å². The Morgan fingerprint density at radius 2 is 0.627 bits per heavy atom. The van der Waals surface area contributed by atoms with E-state index in [9.17, 15) is 13.0 Å². The third-order valence-corrected chi connectivity index (χ3v) is 11.8. The van der Waals surface area contributed by atoms with Crippen LogP contribution < -0.4 is 29.6 Å². The summed E-state index contributed by atoms with van der Waals surface area (Å²) < 4.78 is 33.5. The largest absolute Gasteiger partial charge is 1.00 e. The van der Waals surface area contributed by atoms with Crippen molar-refractivity contribution in [3.8, 4) is 0 Å². The van der Waals surface area contributed by atoms with Gasteiger partial charge in [-0.2, -0.15) is 0 Å². The number of aryl methyl sites for hydroxylation is 1. The van der Waals surface area contributed by atoms with Gasteiger partial charge in [0.1, 0.15) is 10.1 Å². The van der Waals surface area contributed by atoms with E-state index in [4.69, 9.17) is 0 Å². The average Bonchev–Trinajstić information content (AvgIpc) is 3.11. The first-order valence-corrected chi connectivity index (χ1v) is 24.0. The topological polar surface area (TPSA) is 57.2 Å². The van der Waals surface area contributed by atoms with Crippen LogP contribution in [0.25, 0.3) is 0 Å². The fourth-order valence-corrected chi connectivity index (χ4v) is 8.16. The summed E-state index contributed by atoms with van der Waals surface area (Å²) in [6.45, 7) is 2.30. The Labute approximate surface area is 342 Å².